The van der Waals surface area contributed by atoms with Gasteiger partial charge in [0.25, 0.3) is 5.91 Å². The molecule has 1 aromatic heterocycles. The van der Waals surface area contributed by atoms with Gasteiger partial charge in [-0.1, -0.05) is 42.5 Å². The van der Waals surface area contributed by atoms with E-state index in [0.717, 1.165) is 42.7 Å². The van der Waals surface area contributed by atoms with Crippen LogP contribution in [-0.4, -0.2) is 35.7 Å². The highest BCUT2D eigenvalue weighted by molar-refractivity contribution is 5.92. The number of terminal acetylenes is 1. The minimum absolute atomic E-state index is 0.164. The van der Waals surface area contributed by atoms with Crippen LogP contribution in [-0.2, 0) is 6.42 Å². The molecule has 1 aromatic carbocycles. The number of aromatic nitrogens is 1. The van der Waals surface area contributed by atoms with E-state index >= 15 is 0 Å². The lowest BCUT2D eigenvalue weighted by molar-refractivity contribution is 0.0625. The molecule has 0 radical (unpaired) electrons. The molecule has 5 heteroatoms. The first-order valence-electron chi connectivity index (χ1n) is 9.04. The molecule has 1 heterocycles. The summed E-state index contributed by atoms with van der Waals surface area (Å²) in [6.45, 7) is 0.304. The van der Waals surface area contributed by atoms with Crippen LogP contribution >= 0.6 is 0 Å². The summed E-state index contributed by atoms with van der Waals surface area (Å²) in [4.78, 5) is 14.6. The second-order valence-electron chi connectivity index (χ2n) is 6.64. The fourth-order valence-electron chi connectivity index (χ4n) is 3.45. The van der Waals surface area contributed by atoms with Crippen LogP contribution in [0.5, 0.6) is 5.75 Å². The number of rotatable bonds is 6. The van der Waals surface area contributed by atoms with Crippen LogP contribution in [0.15, 0.2) is 34.9 Å². The summed E-state index contributed by atoms with van der Waals surface area (Å²) in [6, 6.07) is 9.67. The number of hydrogen-bond donors (Lipinski definition) is 0. The Bertz CT molecular complexity index is 767. The number of methoxy groups -OCH3 is 1. The topological polar surface area (TPSA) is 55.6 Å². The number of amides is 1. The van der Waals surface area contributed by atoms with Gasteiger partial charge in [0.05, 0.1) is 19.3 Å². The Hall–Kier alpha value is -2.74. The van der Waals surface area contributed by atoms with Gasteiger partial charge in [-0.15, -0.1) is 6.42 Å². The standard InChI is InChI=1S/C21H24N2O3/c1-3-13-23(18-7-5-4-6-8-18)21(24)20-15-17(22-26-20)14-16-9-11-19(25-2)12-10-16/h1,9-12,15,18H,4-8,13-14H2,2H3. The SMILES string of the molecule is C#CCN(C(=O)c1cc(Cc2ccc(OC)cc2)no1)C1CCCCC1. The van der Waals surface area contributed by atoms with Gasteiger partial charge >= 0.3 is 0 Å². The molecule has 0 unspecified atom stereocenters. The van der Waals surface area contributed by atoms with E-state index in [1.54, 1.807) is 18.1 Å². The van der Waals surface area contributed by atoms with Gasteiger partial charge in [-0.3, -0.25) is 4.79 Å². The molecule has 1 amide bonds. The maximum atomic E-state index is 12.9. The van der Waals surface area contributed by atoms with Gasteiger partial charge in [-0.05, 0) is 30.5 Å². The van der Waals surface area contributed by atoms with Crippen LogP contribution in [0.4, 0.5) is 0 Å². The molecular weight excluding hydrogens is 328 g/mol. The summed E-state index contributed by atoms with van der Waals surface area (Å²) in [6.07, 6.45) is 11.6. The van der Waals surface area contributed by atoms with Crippen LogP contribution in [0.2, 0.25) is 0 Å². The molecular formula is C21H24N2O3. The third kappa shape index (κ3) is 4.26. The van der Waals surface area contributed by atoms with Crippen LogP contribution < -0.4 is 4.74 Å². The quantitative estimate of drug-likeness (QED) is 0.744. The van der Waals surface area contributed by atoms with E-state index in [-0.39, 0.29) is 17.7 Å². The molecule has 0 bridgehead atoms. The molecule has 2 aromatic rings. The van der Waals surface area contributed by atoms with Gasteiger partial charge < -0.3 is 14.2 Å². The van der Waals surface area contributed by atoms with E-state index in [9.17, 15) is 4.79 Å². The van der Waals surface area contributed by atoms with E-state index < -0.39 is 0 Å². The van der Waals surface area contributed by atoms with E-state index in [1.807, 2.05) is 24.3 Å². The molecule has 1 aliphatic rings. The van der Waals surface area contributed by atoms with Gasteiger partial charge in [-0.2, -0.15) is 0 Å². The zero-order valence-electron chi connectivity index (χ0n) is 15.1. The summed E-state index contributed by atoms with van der Waals surface area (Å²) < 4.78 is 10.5. The first-order chi connectivity index (χ1) is 12.7. The molecule has 1 saturated carbocycles. The van der Waals surface area contributed by atoms with E-state index in [0.29, 0.717) is 13.0 Å². The summed E-state index contributed by atoms with van der Waals surface area (Å²) in [5.74, 6) is 3.51. The predicted octanol–water partition coefficient (Wildman–Crippen LogP) is 3.68. The zero-order valence-corrected chi connectivity index (χ0v) is 15.1. The summed E-state index contributed by atoms with van der Waals surface area (Å²) in [7, 11) is 1.64. The number of carbonyl (C=O) groups is 1. The minimum atomic E-state index is -0.164. The Kier molecular flexibility index (Phi) is 5.96. The van der Waals surface area contributed by atoms with E-state index in [2.05, 4.69) is 11.1 Å². The Morgan fingerprint density at radius 2 is 2.04 bits per heavy atom. The lowest BCUT2D eigenvalue weighted by Gasteiger charge is -2.32. The van der Waals surface area contributed by atoms with Crippen LogP contribution in [0.25, 0.3) is 0 Å². The van der Waals surface area contributed by atoms with Crippen molar-refractivity contribution < 1.29 is 14.1 Å². The van der Waals surface area contributed by atoms with Gasteiger partial charge in [-0.25, -0.2) is 0 Å². The first-order valence-corrected chi connectivity index (χ1v) is 9.04. The highest BCUT2D eigenvalue weighted by Crippen LogP contribution is 2.24. The van der Waals surface area contributed by atoms with Crippen molar-refractivity contribution in [2.24, 2.45) is 0 Å². The second kappa shape index (κ2) is 8.57. The van der Waals surface area contributed by atoms with Gasteiger partial charge in [0.2, 0.25) is 5.76 Å². The Labute approximate surface area is 154 Å². The van der Waals surface area contributed by atoms with Crippen molar-refractivity contribution in [1.82, 2.24) is 10.1 Å². The van der Waals surface area contributed by atoms with Crippen molar-refractivity contribution >= 4 is 5.91 Å². The normalized spacial score (nSPS) is 14.6. The smallest absolute Gasteiger partial charge is 0.293 e. The van der Waals surface area contributed by atoms with Crippen molar-refractivity contribution in [2.75, 3.05) is 13.7 Å². The van der Waals surface area contributed by atoms with Crippen LogP contribution in [0.3, 0.4) is 0 Å². The molecule has 0 aliphatic heterocycles. The second-order valence-corrected chi connectivity index (χ2v) is 6.64. The fourth-order valence-corrected chi connectivity index (χ4v) is 3.45. The monoisotopic (exact) mass is 352 g/mol. The average molecular weight is 352 g/mol. The van der Waals surface area contributed by atoms with Crippen molar-refractivity contribution in [3.63, 3.8) is 0 Å². The highest BCUT2D eigenvalue weighted by atomic mass is 16.5. The first kappa shape index (κ1) is 18.1. The van der Waals surface area contributed by atoms with Crippen molar-refractivity contribution in [2.45, 2.75) is 44.6 Å². The molecule has 26 heavy (non-hydrogen) atoms. The average Bonchev–Trinajstić information content (AvgIpc) is 3.15. The molecule has 0 atom stereocenters. The maximum absolute atomic E-state index is 12.9. The van der Waals surface area contributed by atoms with Crippen molar-refractivity contribution in [1.29, 1.82) is 0 Å². The van der Waals surface area contributed by atoms with Gasteiger partial charge in [0.1, 0.15) is 5.75 Å². The molecule has 5 nitrogen and oxygen atoms in total. The fraction of sp³-hybridized carbons (Fsp3) is 0.429. The Balaban J connectivity index is 1.70. The number of hydrogen-bond acceptors (Lipinski definition) is 4. The number of carbonyl (C=O) groups excluding carboxylic acids is 1. The molecule has 1 aliphatic carbocycles. The molecule has 1 fully saturated rings. The highest BCUT2D eigenvalue weighted by Gasteiger charge is 2.28. The van der Waals surface area contributed by atoms with Crippen LogP contribution in [0.1, 0.15) is 53.9 Å². The molecule has 3 rings (SSSR count). The third-order valence-corrected chi connectivity index (χ3v) is 4.85. The zero-order chi connectivity index (χ0) is 18.4. The molecule has 0 saturated heterocycles. The third-order valence-electron chi connectivity index (χ3n) is 4.85. The Morgan fingerprint density at radius 1 is 1.31 bits per heavy atom. The van der Waals surface area contributed by atoms with E-state index in [4.69, 9.17) is 15.7 Å². The summed E-state index contributed by atoms with van der Waals surface area (Å²) in [5.41, 5.74) is 1.80. The largest absolute Gasteiger partial charge is 0.497 e. The number of ether oxygens (including phenoxy) is 1. The maximum Gasteiger partial charge on any atom is 0.293 e. The van der Waals surface area contributed by atoms with Crippen molar-refractivity contribution in [3.05, 3.63) is 47.3 Å². The predicted molar refractivity (Wildman–Crippen MR) is 99.0 cm³/mol. The van der Waals surface area contributed by atoms with Crippen LogP contribution in [0, 0.1) is 12.3 Å². The summed E-state index contributed by atoms with van der Waals surface area (Å²) >= 11 is 0. The molecule has 136 valence electrons. The number of nitrogens with zero attached hydrogens (tertiary/aromatic N) is 2. The van der Waals surface area contributed by atoms with E-state index in [1.165, 1.54) is 6.42 Å². The lowest BCUT2D eigenvalue weighted by atomic mass is 9.94. The minimum Gasteiger partial charge on any atom is -0.497 e. The summed E-state index contributed by atoms with van der Waals surface area (Å²) in [5, 5.41) is 4.06. The van der Waals surface area contributed by atoms with Crippen molar-refractivity contribution in [3.8, 4) is 18.1 Å². The van der Waals surface area contributed by atoms with Gasteiger partial charge in [0, 0.05) is 18.5 Å². The number of benzene rings is 1. The molecule has 0 N–H and O–H groups in total. The Morgan fingerprint density at radius 3 is 2.69 bits per heavy atom. The lowest BCUT2D eigenvalue weighted by Crippen LogP contribution is -2.41. The van der Waals surface area contributed by atoms with Gasteiger partial charge in [0.15, 0.2) is 0 Å². The molecule has 0 spiro atoms.